The van der Waals surface area contributed by atoms with Crippen molar-refractivity contribution in [2.75, 3.05) is 0 Å². The van der Waals surface area contributed by atoms with Crippen molar-refractivity contribution in [3.63, 3.8) is 0 Å². The van der Waals surface area contributed by atoms with Crippen LogP contribution in [0.4, 0.5) is 0 Å². The van der Waals surface area contributed by atoms with Crippen molar-refractivity contribution in [3.05, 3.63) is 80.6 Å². The lowest BCUT2D eigenvalue weighted by molar-refractivity contribution is 0.0953. The molecular weight excluding hydrogens is 370 g/mol. The Kier molecular flexibility index (Phi) is 4.57. The number of halogens is 1. The average molecular weight is 384 g/mol. The Labute approximate surface area is 146 Å². The number of carbonyl (C=O) groups is 1. The van der Waals surface area contributed by atoms with Crippen LogP contribution in [0.2, 0.25) is 0 Å². The Morgan fingerprint density at radius 3 is 2.62 bits per heavy atom. The van der Waals surface area contributed by atoms with Gasteiger partial charge < -0.3 is 4.57 Å². The third kappa shape index (κ3) is 3.28. The summed E-state index contributed by atoms with van der Waals surface area (Å²) in [6.07, 6.45) is 3.05. The highest BCUT2D eigenvalue weighted by Gasteiger charge is 2.13. The van der Waals surface area contributed by atoms with Crippen LogP contribution in [0.15, 0.2) is 69.1 Å². The molecule has 0 aliphatic carbocycles. The molecule has 3 rings (SSSR count). The van der Waals surface area contributed by atoms with E-state index in [1.807, 2.05) is 36.4 Å². The van der Waals surface area contributed by atoms with Crippen LogP contribution in [0.1, 0.15) is 15.9 Å². The van der Waals surface area contributed by atoms with Gasteiger partial charge in [-0.05, 0) is 29.8 Å². The van der Waals surface area contributed by atoms with Crippen molar-refractivity contribution in [1.29, 1.82) is 0 Å². The number of fused-ring (bicyclic) bond motifs is 1. The number of nitrogens with one attached hydrogen (secondary N) is 1. The van der Waals surface area contributed by atoms with E-state index in [1.54, 1.807) is 23.7 Å². The van der Waals surface area contributed by atoms with Crippen molar-refractivity contribution in [3.8, 4) is 0 Å². The zero-order valence-electron chi connectivity index (χ0n) is 12.9. The number of aromatic nitrogens is 1. The summed E-state index contributed by atoms with van der Waals surface area (Å²) >= 11 is 3.35. The normalized spacial score (nSPS) is 11.1. The fourth-order valence-electron chi connectivity index (χ4n) is 2.38. The molecule has 6 heteroatoms. The summed E-state index contributed by atoms with van der Waals surface area (Å²) in [5.74, 6) is -0.533. The Hall–Kier alpha value is -2.73. The molecule has 0 unspecified atom stereocenters. The fraction of sp³-hybridized carbons (Fsp3) is 0.0556. The van der Waals surface area contributed by atoms with Crippen LogP contribution in [0.25, 0.3) is 10.9 Å². The lowest BCUT2D eigenvalue weighted by Crippen LogP contribution is -2.26. The molecule has 0 spiro atoms. The van der Waals surface area contributed by atoms with Gasteiger partial charge in [0.05, 0.1) is 11.7 Å². The third-order valence-corrected chi connectivity index (χ3v) is 4.12. The second-order valence-electron chi connectivity index (χ2n) is 5.25. The molecule has 0 aliphatic heterocycles. The van der Waals surface area contributed by atoms with Crippen LogP contribution >= 0.6 is 15.9 Å². The van der Waals surface area contributed by atoms with Crippen LogP contribution in [-0.4, -0.2) is 16.7 Å². The number of rotatable bonds is 3. The highest BCUT2D eigenvalue weighted by atomic mass is 79.9. The van der Waals surface area contributed by atoms with Crippen LogP contribution in [0.3, 0.4) is 0 Å². The van der Waals surface area contributed by atoms with E-state index < -0.39 is 5.91 Å². The van der Waals surface area contributed by atoms with Crippen LogP contribution in [0, 0.1) is 0 Å². The van der Waals surface area contributed by atoms with Gasteiger partial charge in [-0.2, -0.15) is 5.10 Å². The number of pyridine rings is 1. The summed E-state index contributed by atoms with van der Waals surface area (Å²) < 4.78 is 2.72. The predicted molar refractivity (Wildman–Crippen MR) is 98.4 cm³/mol. The first-order valence-corrected chi connectivity index (χ1v) is 8.03. The molecule has 5 nitrogen and oxygen atoms in total. The van der Waals surface area contributed by atoms with Crippen LogP contribution in [-0.2, 0) is 7.05 Å². The lowest BCUT2D eigenvalue weighted by atomic mass is 10.1. The Balaban J connectivity index is 1.85. The van der Waals surface area contributed by atoms with Crippen LogP contribution < -0.4 is 10.9 Å². The lowest BCUT2D eigenvalue weighted by Gasteiger charge is -2.07. The van der Waals surface area contributed by atoms with Gasteiger partial charge in [0.15, 0.2) is 0 Å². The Bertz CT molecular complexity index is 991. The monoisotopic (exact) mass is 383 g/mol. The van der Waals surface area contributed by atoms with Gasteiger partial charge in [0.25, 0.3) is 5.91 Å². The number of hydrogen-bond donors (Lipinski definition) is 1. The van der Waals surface area contributed by atoms with Crippen molar-refractivity contribution in [2.45, 2.75) is 0 Å². The summed E-state index contributed by atoms with van der Waals surface area (Å²) in [5.41, 5.74) is 3.77. The van der Waals surface area contributed by atoms with E-state index >= 15 is 0 Å². The second kappa shape index (κ2) is 6.80. The first kappa shape index (κ1) is 16.1. The molecule has 1 N–H and O–H groups in total. The number of hydrazone groups is 1. The van der Waals surface area contributed by atoms with E-state index in [-0.39, 0.29) is 11.0 Å². The number of nitrogens with zero attached hydrogens (tertiary/aromatic N) is 2. The molecule has 0 aliphatic rings. The third-order valence-electron chi connectivity index (χ3n) is 3.59. The Morgan fingerprint density at radius 2 is 1.88 bits per heavy atom. The number of hydrogen-bond acceptors (Lipinski definition) is 3. The van der Waals surface area contributed by atoms with Gasteiger partial charge in [-0.25, -0.2) is 5.43 Å². The largest absolute Gasteiger partial charge is 0.350 e. The molecule has 0 atom stereocenters. The molecule has 1 amide bonds. The highest BCUT2D eigenvalue weighted by molar-refractivity contribution is 9.10. The topological polar surface area (TPSA) is 63.5 Å². The molecule has 1 heterocycles. The quantitative estimate of drug-likeness (QED) is 0.557. The smallest absolute Gasteiger partial charge is 0.276 e. The summed E-state index contributed by atoms with van der Waals surface area (Å²) in [6.45, 7) is 0. The Morgan fingerprint density at radius 1 is 1.17 bits per heavy atom. The van der Waals surface area contributed by atoms with Crippen molar-refractivity contribution < 1.29 is 4.79 Å². The SMILES string of the molecule is Cn1cc(C(=O)N/N=C/c2ccc(Br)cc2)c(=O)c2ccccc21. The zero-order chi connectivity index (χ0) is 17.1. The minimum Gasteiger partial charge on any atom is -0.350 e. The molecule has 1 aromatic heterocycles. The van der Waals surface area contributed by atoms with Crippen molar-refractivity contribution in [2.24, 2.45) is 12.1 Å². The first-order valence-electron chi connectivity index (χ1n) is 7.23. The summed E-state index contributed by atoms with van der Waals surface area (Å²) in [5, 5.41) is 4.41. The molecule has 120 valence electrons. The van der Waals surface area contributed by atoms with E-state index in [0.717, 1.165) is 15.6 Å². The standard InChI is InChI=1S/C18H14BrN3O2/c1-22-11-15(17(23)14-4-2-3-5-16(14)22)18(24)21-20-10-12-6-8-13(19)9-7-12/h2-11H,1H3,(H,21,24)/b20-10+. The maximum absolute atomic E-state index is 12.5. The van der Waals surface area contributed by atoms with Gasteiger partial charge in [0, 0.05) is 23.1 Å². The summed E-state index contributed by atoms with van der Waals surface area (Å²) in [6, 6.07) is 14.6. The molecular formula is C18H14BrN3O2. The number of aryl methyl sites for hydroxylation is 1. The summed E-state index contributed by atoms with van der Waals surface area (Å²) in [7, 11) is 1.80. The second-order valence-corrected chi connectivity index (χ2v) is 6.17. The van der Waals surface area contributed by atoms with Gasteiger partial charge in [-0.15, -0.1) is 0 Å². The van der Waals surface area contributed by atoms with E-state index in [0.29, 0.717) is 5.39 Å². The van der Waals surface area contributed by atoms with Crippen LogP contribution in [0.5, 0.6) is 0 Å². The van der Waals surface area contributed by atoms with E-state index in [9.17, 15) is 9.59 Å². The molecule has 0 saturated carbocycles. The zero-order valence-corrected chi connectivity index (χ0v) is 14.4. The average Bonchev–Trinajstić information content (AvgIpc) is 2.60. The van der Waals surface area contributed by atoms with Crippen molar-refractivity contribution >= 4 is 39.0 Å². The van der Waals surface area contributed by atoms with Gasteiger partial charge in [-0.1, -0.05) is 40.2 Å². The van der Waals surface area contributed by atoms with Gasteiger partial charge in [0.1, 0.15) is 5.56 Å². The maximum Gasteiger partial charge on any atom is 0.276 e. The summed E-state index contributed by atoms with van der Waals surface area (Å²) in [4.78, 5) is 24.7. The van der Waals surface area contributed by atoms with E-state index in [4.69, 9.17) is 0 Å². The van der Waals surface area contributed by atoms with Gasteiger partial charge in [0.2, 0.25) is 5.43 Å². The minimum atomic E-state index is -0.533. The number of benzene rings is 2. The molecule has 0 saturated heterocycles. The molecule has 3 aromatic rings. The van der Waals surface area contributed by atoms with E-state index in [1.165, 1.54) is 12.4 Å². The molecule has 2 aromatic carbocycles. The number of para-hydroxylation sites is 1. The predicted octanol–water partition coefficient (Wildman–Crippen LogP) is 3.06. The molecule has 24 heavy (non-hydrogen) atoms. The molecule has 0 fully saturated rings. The minimum absolute atomic E-state index is 0.0594. The molecule has 0 radical (unpaired) electrons. The first-order chi connectivity index (χ1) is 11.6. The van der Waals surface area contributed by atoms with Crippen molar-refractivity contribution in [1.82, 2.24) is 9.99 Å². The number of amides is 1. The van der Waals surface area contributed by atoms with Gasteiger partial charge in [-0.3, -0.25) is 9.59 Å². The highest BCUT2D eigenvalue weighted by Crippen LogP contribution is 2.10. The number of carbonyl (C=O) groups excluding carboxylic acids is 1. The molecule has 0 bridgehead atoms. The van der Waals surface area contributed by atoms with Gasteiger partial charge >= 0.3 is 0 Å². The van der Waals surface area contributed by atoms with E-state index in [2.05, 4.69) is 26.5 Å². The fourth-order valence-corrected chi connectivity index (χ4v) is 2.64. The maximum atomic E-state index is 12.5.